The van der Waals surface area contributed by atoms with Gasteiger partial charge in [0.25, 0.3) is 0 Å². The van der Waals surface area contributed by atoms with E-state index in [4.69, 9.17) is 0 Å². The second kappa shape index (κ2) is 11.6. The summed E-state index contributed by atoms with van der Waals surface area (Å²) in [4.78, 5) is 0. The van der Waals surface area contributed by atoms with Crippen molar-refractivity contribution in [3.8, 4) is 0 Å². The predicted octanol–water partition coefficient (Wildman–Crippen LogP) is 6.74. The van der Waals surface area contributed by atoms with Crippen molar-refractivity contribution >= 4 is 14.0 Å². The first-order valence-corrected chi connectivity index (χ1v) is 14.3. The summed E-state index contributed by atoms with van der Waals surface area (Å²) in [6.07, 6.45) is 2.41. The second-order valence-corrected chi connectivity index (χ2v) is 12.7. The van der Waals surface area contributed by atoms with Gasteiger partial charge in [-0.2, -0.15) is 0 Å². The average Bonchev–Trinajstić information content (AvgIpc) is 2.76. The van der Waals surface area contributed by atoms with Gasteiger partial charge in [-0.1, -0.05) is 88.4 Å². The van der Waals surface area contributed by atoms with E-state index in [1.165, 1.54) is 34.7 Å². The summed E-state index contributed by atoms with van der Waals surface area (Å²) < 4.78 is 5.52. The Bertz CT molecular complexity index is 760. The van der Waals surface area contributed by atoms with E-state index in [-0.39, 0.29) is 0 Å². The van der Waals surface area contributed by atoms with Gasteiger partial charge in [0.15, 0.2) is 0 Å². The van der Waals surface area contributed by atoms with Crippen LogP contribution in [-0.2, 0) is 6.42 Å². The fraction of sp³-hybridized carbons (Fsp3) is 0.481. The Kier molecular flexibility index (Phi) is 9.54. The Morgan fingerprint density at radius 1 is 0.767 bits per heavy atom. The molecule has 0 saturated heterocycles. The van der Waals surface area contributed by atoms with Crippen molar-refractivity contribution < 1.29 is 0 Å². The van der Waals surface area contributed by atoms with Crippen LogP contribution in [0.4, 0.5) is 0 Å². The maximum atomic E-state index is 4.32. The molecule has 30 heavy (non-hydrogen) atoms. The maximum absolute atomic E-state index is 4.32. The minimum Gasteiger partial charge on any atom is -0.312 e. The summed E-state index contributed by atoms with van der Waals surface area (Å²) in [5.74, 6) is 0. The fourth-order valence-corrected chi connectivity index (χ4v) is 9.35. The van der Waals surface area contributed by atoms with E-state index >= 15 is 0 Å². The molecule has 0 aliphatic carbocycles. The Labute approximate surface area is 186 Å². The van der Waals surface area contributed by atoms with Gasteiger partial charge in [-0.3, -0.25) is 0 Å². The van der Waals surface area contributed by atoms with Crippen LogP contribution in [0.25, 0.3) is 5.57 Å². The molecule has 0 saturated carbocycles. The van der Waals surface area contributed by atoms with E-state index in [9.17, 15) is 0 Å². The largest absolute Gasteiger partial charge is 0.312 e. The summed E-state index contributed by atoms with van der Waals surface area (Å²) >= 11 is 0. The highest BCUT2D eigenvalue weighted by Gasteiger charge is 2.37. The first-order chi connectivity index (χ1) is 14.4. The lowest BCUT2D eigenvalue weighted by molar-refractivity contribution is 0.352. The van der Waals surface area contributed by atoms with Crippen molar-refractivity contribution in [1.82, 2.24) is 9.13 Å². The molecule has 0 amide bonds. The molecule has 0 aromatic heterocycles. The summed E-state index contributed by atoms with van der Waals surface area (Å²) in [5, 5.41) is 0. The first-order valence-electron chi connectivity index (χ1n) is 11.7. The zero-order valence-electron chi connectivity index (χ0n) is 20.2. The zero-order valence-corrected chi connectivity index (χ0v) is 21.2. The molecule has 0 atom stereocenters. The second-order valence-electron chi connectivity index (χ2n) is 8.46. The van der Waals surface area contributed by atoms with Crippen molar-refractivity contribution in [3.05, 3.63) is 77.4 Å². The van der Waals surface area contributed by atoms with Gasteiger partial charge in [-0.15, -0.1) is 0 Å². The van der Waals surface area contributed by atoms with E-state index < -0.39 is 8.40 Å². The lowest BCUT2D eigenvalue weighted by Crippen LogP contribution is -2.63. The molecule has 2 nitrogen and oxygen atoms in total. The molecule has 0 heterocycles. The molecule has 0 aliphatic heterocycles. The normalized spacial score (nSPS) is 12.0. The van der Waals surface area contributed by atoms with Crippen molar-refractivity contribution in [2.45, 2.75) is 60.1 Å². The van der Waals surface area contributed by atoms with Gasteiger partial charge in [-0.05, 0) is 80.8 Å². The van der Waals surface area contributed by atoms with Crippen LogP contribution in [-0.4, -0.2) is 43.7 Å². The minimum atomic E-state index is -1.59. The predicted molar refractivity (Wildman–Crippen MR) is 136 cm³/mol. The smallest absolute Gasteiger partial charge is 0.203 e. The van der Waals surface area contributed by atoms with Crippen molar-refractivity contribution in [3.63, 3.8) is 0 Å². The molecule has 3 heteroatoms. The number of aryl methyl sites for hydroxylation is 2. The van der Waals surface area contributed by atoms with Crippen LogP contribution in [0, 0.1) is 6.92 Å². The Morgan fingerprint density at radius 2 is 1.20 bits per heavy atom. The standard InChI is InChI=1S/C27H42N2Si/c1-8-28(9-2)30(7,29(10-3)11-4)22-12-13-25-16-20-27(21-17-25)24(6)26-18-14-23(5)15-19-26/h14-21H,6,8-13,22H2,1-5,7H3. The van der Waals surface area contributed by atoms with Gasteiger partial charge in [0.1, 0.15) is 0 Å². The van der Waals surface area contributed by atoms with E-state index in [1.54, 1.807) is 0 Å². The van der Waals surface area contributed by atoms with Gasteiger partial charge >= 0.3 is 0 Å². The number of hydrogen-bond acceptors (Lipinski definition) is 2. The third kappa shape index (κ3) is 5.93. The topological polar surface area (TPSA) is 6.48 Å². The average molecular weight is 423 g/mol. The highest BCUT2D eigenvalue weighted by Crippen LogP contribution is 2.25. The van der Waals surface area contributed by atoms with Crippen LogP contribution in [0.5, 0.6) is 0 Å². The van der Waals surface area contributed by atoms with Crippen LogP contribution < -0.4 is 0 Å². The highest BCUT2D eigenvalue weighted by molar-refractivity contribution is 6.73. The lowest BCUT2D eigenvalue weighted by atomic mass is 9.97. The molecular weight excluding hydrogens is 380 g/mol. The molecule has 2 rings (SSSR count). The van der Waals surface area contributed by atoms with Crippen molar-refractivity contribution in [2.75, 3.05) is 26.2 Å². The Balaban J connectivity index is 2.02. The third-order valence-corrected chi connectivity index (χ3v) is 12.0. The molecular formula is C27H42N2Si. The third-order valence-electron chi connectivity index (χ3n) is 6.71. The van der Waals surface area contributed by atoms with Crippen molar-refractivity contribution in [2.24, 2.45) is 0 Å². The quantitative estimate of drug-likeness (QED) is 0.349. The van der Waals surface area contributed by atoms with E-state index in [1.807, 2.05) is 0 Å². The molecule has 0 fully saturated rings. The van der Waals surface area contributed by atoms with Gasteiger partial charge < -0.3 is 9.13 Å². The highest BCUT2D eigenvalue weighted by atomic mass is 28.3. The SMILES string of the molecule is C=C(c1ccc(C)cc1)c1ccc(CCC[Si](C)(N(CC)CC)N(CC)CC)cc1. The van der Waals surface area contributed by atoms with Gasteiger partial charge in [0, 0.05) is 0 Å². The molecule has 0 N–H and O–H groups in total. The molecule has 0 bridgehead atoms. The number of benzene rings is 2. The van der Waals surface area contributed by atoms with Crippen LogP contribution >= 0.6 is 0 Å². The molecule has 0 unspecified atom stereocenters. The number of rotatable bonds is 12. The summed E-state index contributed by atoms with van der Waals surface area (Å²) in [6.45, 7) is 22.9. The van der Waals surface area contributed by atoms with E-state index in [0.29, 0.717) is 0 Å². The molecule has 2 aromatic rings. The number of nitrogens with zero attached hydrogens (tertiary/aromatic N) is 2. The van der Waals surface area contributed by atoms with Crippen LogP contribution in [0.2, 0.25) is 12.6 Å². The zero-order chi connectivity index (χ0) is 22.1. The molecule has 0 radical (unpaired) electrons. The van der Waals surface area contributed by atoms with E-state index in [2.05, 4.69) is 105 Å². The Morgan fingerprint density at radius 3 is 1.63 bits per heavy atom. The van der Waals surface area contributed by atoms with Gasteiger partial charge in [0.05, 0.1) is 0 Å². The maximum Gasteiger partial charge on any atom is 0.203 e. The van der Waals surface area contributed by atoms with E-state index in [0.717, 1.165) is 38.2 Å². The monoisotopic (exact) mass is 422 g/mol. The summed E-state index contributed by atoms with van der Waals surface area (Å²) in [5.41, 5.74) is 6.24. The minimum absolute atomic E-state index is 1.10. The molecule has 0 aliphatic rings. The van der Waals surface area contributed by atoms with Gasteiger partial charge in [-0.25, -0.2) is 0 Å². The van der Waals surface area contributed by atoms with Crippen molar-refractivity contribution in [1.29, 1.82) is 0 Å². The van der Waals surface area contributed by atoms with Crippen LogP contribution in [0.1, 0.15) is 56.4 Å². The fourth-order valence-electron chi connectivity index (χ4n) is 4.75. The van der Waals surface area contributed by atoms with Crippen LogP contribution in [0.15, 0.2) is 55.1 Å². The first kappa shape index (κ1) is 24.6. The number of hydrogen-bond donors (Lipinski definition) is 0. The summed E-state index contributed by atoms with van der Waals surface area (Å²) in [7, 11) is -1.59. The lowest BCUT2D eigenvalue weighted by Gasteiger charge is -2.46. The van der Waals surface area contributed by atoms with Crippen LogP contribution in [0.3, 0.4) is 0 Å². The summed E-state index contributed by atoms with van der Waals surface area (Å²) in [6, 6.07) is 19.0. The molecule has 2 aromatic carbocycles. The van der Waals surface area contributed by atoms with Gasteiger partial charge in [0.2, 0.25) is 8.40 Å². The molecule has 164 valence electrons. The Hall–Kier alpha value is -1.68. The molecule has 0 spiro atoms.